The Morgan fingerprint density at radius 1 is 1.44 bits per heavy atom. The maximum absolute atomic E-state index is 9.97. The van der Waals surface area contributed by atoms with Crippen LogP contribution < -0.4 is 0 Å². The Morgan fingerprint density at radius 2 is 1.89 bits per heavy atom. The predicted octanol–water partition coefficient (Wildman–Crippen LogP) is -0.00610. The fraction of sp³-hybridized carbons (Fsp3) is 0.500. The first-order valence-electron chi connectivity index (χ1n) is 2.48. The standard InChI is InChI=1S/C4H7BO4/c1-2(3(6)7)5-4(8)9/h2,5H,1H3,(H,6,7)(H,8,9). The highest BCUT2D eigenvalue weighted by molar-refractivity contribution is 6.74. The number of rotatable bonds is 3. The van der Waals surface area contributed by atoms with E-state index in [1.54, 1.807) is 0 Å². The van der Waals surface area contributed by atoms with Crippen LogP contribution in [0.5, 0.6) is 0 Å². The van der Waals surface area contributed by atoms with Crippen LogP contribution in [-0.4, -0.2) is 29.3 Å². The first-order chi connectivity index (χ1) is 4.04. The van der Waals surface area contributed by atoms with Crippen molar-refractivity contribution in [1.82, 2.24) is 0 Å². The zero-order chi connectivity index (χ0) is 7.44. The minimum atomic E-state index is -1.08. The van der Waals surface area contributed by atoms with Crippen molar-refractivity contribution in [2.24, 2.45) is 0 Å². The van der Waals surface area contributed by atoms with Gasteiger partial charge in [0.2, 0.25) is 5.87 Å². The summed E-state index contributed by atoms with van der Waals surface area (Å²) >= 11 is 0. The molecule has 0 amide bonds. The van der Waals surface area contributed by atoms with Crippen molar-refractivity contribution in [3.63, 3.8) is 0 Å². The summed E-state index contributed by atoms with van der Waals surface area (Å²) in [6, 6.07) is 0. The van der Waals surface area contributed by atoms with E-state index in [0.29, 0.717) is 0 Å². The molecule has 5 heteroatoms. The molecule has 0 aliphatic rings. The Morgan fingerprint density at radius 3 is 2.00 bits per heavy atom. The summed E-state index contributed by atoms with van der Waals surface area (Å²) in [7, 11) is -0.310. The highest BCUT2D eigenvalue weighted by atomic mass is 16.4. The van der Waals surface area contributed by atoms with E-state index in [4.69, 9.17) is 10.2 Å². The molecule has 0 spiro atoms. The lowest BCUT2D eigenvalue weighted by atomic mass is 9.66. The molecule has 0 saturated heterocycles. The molecule has 4 nitrogen and oxygen atoms in total. The molecule has 0 saturated carbocycles. The quantitative estimate of drug-likeness (QED) is 0.527. The molecule has 0 rings (SSSR count). The topological polar surface area (TPSA) is 74.6 Å². The van der Waals surface area contributed by atoms with Gasteiger partial charge in [-0.25, -0.2) is 0 Å². The SMILES string of the molecule is CC(BC(=O)O)C(=O)O. The largest absolute Gasteiger partial charge is 0.489 e. The maximum Gasteiger partial charge on any atom is 0.299 e. The van der Waals surface area contributed by atoms with Crippen LogP contribution in [-0.2, 0) is 4.79 Å². The summed E-state index contributed by atoms with van der Waals surface area (Å²) in [6.45, 7) is 1.36. The lowest BCUT2D eigenvalue weighted by Crippen LogP contribution is -2.17. The molecule has 0 fully saturated rings. The van der Waals surface area contributed by atoms with Crippen LogP contribution in [0.15, 0.2) is 0 Å². The van der Waals surface area contributed by atoms with Crippen LogP contribution in [0, 0.1) is 0 Å². The normalized spacial score (nSPS) is 12.1. The van der Waals surface area contributed by atoms with Crippen LogP contribution in [0.25, 0.3) is 0 Å². The van der Waals surface area contributed by atoms with E-state index in [1.165, 1.54) is 6.92 Å². The first kappa shape index (κ1) is 8.00. The van der Waals surface area contributed by atoms with E-state index in [2.05, 4.69) is 0 Å². The van der Waals surface area contributed by atoms with E-state index < -0.39 is 17.7 Å². The van der Waals surface area contributed by atoms with Crippen LogP contribution in [0.2, 0.25) is 5.82 Å². The van der Waals surface area contributed by atoms with Gasteiger partial charge in [0.05, 0.1) is 0 Å². The van der Waals surface area contributed by atoms with E-state index in [0.717, 1.165) is 0 Å². The summed E-state index contributed by atoms with van der Waals surface area (Å²) in [5.41, 5.74) is 0. The van der Waals surface area contributed by atoms with Crippen molar-refractivity contribution < 1.29 is 19.8 Å². The molecule has 9 heavy (non-hydrogen) atoms. The highest BCUT2D eigenvalue weighted by Crippen LogP contribution is 1.99. The summed E-state index contributed by atoms with van der Waals surface area (Å²) in [5.74, 6) is -2.94. The molecule has 0 aromatic rings. The number of hydrogen-bond acceptors (Lipinski definition) is 2. The second-order valence-corrected chi connectivity index (χ2v) is 1.84. The summed E-state index contributed by atoms with van der Waals surface area (Å²) in [6.07, 6.45) is 0. The molecule has 0 aromatic heterocycles. The maximum atomic E-state index is 9.97. The summed E-state index contributed by atoms with van der Waals surface area (Å²) in [5, 5.41) is 16.2. The van der Waals surface area contributed by atoms with Gasteiger partial charge in [-0.3, -0.25) is 9.59 Å². The molecule has 50 valence electrons. The average molecular weight is 130 g/mol. The van der Waals surface area contributed by atoms with E-state index in [1.807, 2.05) is 0 Å². The Balaban J connectivity index is 3.63. The third-order valence-corrected chi connectivity index (χ3v) is 0.902. The number of carboxylic acids is 1. The van der Waals surface area contributed by atoms with Gasteiger partial charge < -0.3 is 10.2 Å². The molecule has 0 aliphatic heterocycles. The number of hydrogen-bond donors (Lipinski definition) is 2. The molecule has 1 unspecified atom stereocenters. The Bertz CT molecular complexity index is 133. The molecule has 1 atom stereocenters. The average Bonchev–Trinajstić information content (AvgIpc) is 1.63. The van der Waals surface area contributed by atoms with Crippen LogP contribution >= 0.6 is 0 Å². The zero-order valence-electron chi connectivity index (χ0n) is 5.00. The van der Waals surface area contributed by atoms with Crippen LogP contribution in [0.4, 0.5) is 4.79 Å². The summed E-state index contributed by atoms with van der Waals surface area (Å²) < 4.78 is 0. The predicted molar refractivity (Wildman–Crippen MR) is 32.2 cm³/mol. The molecule has 0 aromatic carbocycles. The number of aliphatic carboxylic acids is 1. The van der Waals surface area contributed by atoms with Crippen molar-refractivity contribution in [3.05, 3.63) is 0 Å². The van der Waals surface area contributed by atoms with Gasteiger partial charge >= 0.3 is 0 Å². The van der Waals surface area contributed by atoms with Crippen molar-refractivity contribution in [2.45, 2.75) is 12.7 Å². The Kier molecular flexibility index (Phi) is 2.77. The van der Waals surface area contributed by atoms with Gasteiger partial charge in [0.15, 0.2) is 0 Å². The molecular formula is C4H7BO4. The zero-order valence-corrected chi connectivity index (χ0v) is 5.00. The molecule has 0 radical (unpaired) electrons. The Hall–Kier alpha value is -0.995. The molecule has 0 heterocycles. The molecular weight excluding hydrogens is 123 g/mol. The highest BCUT2D eigenvalue weighted by Gasteiger charge is 2.16. The van der Waals surface area contributed by atoms with Gasteiger partial charge in [-0.15, -0.1) is 0 Å². The van der Waals surface area contributed by atoms with Gasteiger partial charge in [-0.05, 0) is 0 Å². The van der Waals surface area contributed by atoms with Crippen molar-refractivity contribution in [2.75, 3.05) is 0 Å². The Labute approximate surface area is 52.7 Å². The van der Waals surface area contributed by atoms with Gasteiger partial charge in [0.1, 0.15) is 0 Å². The molecule has 2 N–H and O–H groups in total. The van der Waals surface area contributed by atoms with Gasteiger partial charge in [-0.2, -0.15) is 0 Å². The third kappa shape index (κ3) is 3.58. The van der Waals surface area contributed by atoms with E-state index >= 15 is 0 Å². The van der Waals surface area contributed by atoms with Gasteiger partial charge in [0.25, 0.3) is 13.2 Å². The van der Waals surface area contributed by atoms with Crippen LogP contribution in [0.1, 0.15) is 6.92 Å². The minimum Gasteiger partial charge on any atom is -0.489 e. The minimum absolute atomic E-state index is 0.310. The fourth-order valence-electron chi connectivity index (χ4n) is 0.349. The molecule has 0 bridgehead atoms. The van der Waals surface area contributed by atoms with Gasteiger partial charge in [-0.1, -0.05) is 6.92 Å². The summed E-state index contributed by atoms with van der Waals surface area (Å²) in [4.78, 5) is 19.8. The smallest absolute Gasteiger partial charge is 0.299 e. The second-order valence-electron chi connectivity index (χ2n) is 1.84. The second kappa shape index (κ2) is 3.12. The first-order valence-corrected chi connectivity index (χ1v) is 2.48. The van der Waals surface area contributed by atoms with Crippen molar-refractivity contribution >= 4 is 19.1 Å². The van der Waals surface area contributed by atoms with Crippen LogP contribution in [0.3, 0.4) is 0 Å². The van der Waals surface area contributed by atoms with Crippen molar-refractivity contribution in [3.8, 4) is 0 Å². The third-order valence-electron chi connectivity index (χ3n) is 0.902. The van der Waals surface area contributed by atoms with E-state index in [9.17, 15) is 9.59 Å². The number of carbonyl (C=O) groups is 2. The van der Waals surface area contributed by atoms with Crippen molar-refractivity contribution in [1.29, 1.82) is 0 Å². The van der Waals surface area contributed by atoms with Gasteiger partial charge in [0, 0.05) is 5.82 Å². The lowest BCUT2D eigenvalue weighted by Gasteiger charge is -1.96. The van der Waals surface area contributed by atoms with E-state index in [-0.39, 0.29) is 7.28 Å². The number of carboxylic acid groups (broad SMARTS) is 2. The monoisotopic (exact) mass is 130 g/mol. The lowest BCUT2D eigenvalue weighted by molar-refractivity contribution is -0.136. The fourth-order valence-corrected chi connectivity index (χ4v) is 0.349. The molecule has 0 aliphatic carbocycles.